The van der Waals surface area contributed by atoms with Crippen molar-refractivity contribution in [2.45, 2.75) is 11.8 Å². The zero-order valence-electron chi connectivity index (χ0n) is 11.7. The molecule has 0 bridgehead atoms. The minimum Gasteiger partial charge on any atom is -0.399 e. The van der Waals surface area contributed by atoms with E-state index in [2.05, 4.69) is 10.2 Å². The third-order valence-corrected chi connectivity index (χ3v) is 4.00. The van der Waals surface area contributed by atoms with Crippen molar-refractivity contribution in [3.63, 3.8) is 0 Å². The summed E-state index contributed by atoms with van der Waals surface area (Å²) in [6.45, 7) is 1.85. The number of aryl methyl sites for hydroxylation is 1. The van der Waals surface area contributed by atoms with Gasteiger partial charge in [0, 0.05) is 17.6 Å². The Kier molecular flexibility index (Phi) is 3.95. The van der Waals surface area contributed by atoms with E-state index in [1.807, 2.05) is 6.92 Å². The van der Waals surface area contributed by atoms with Crippen LogP contribution in [0.1, 0.15) is 5.56 Å². The molecule has 0 fully saturated rings. The fourth-order valence-electron chi connectivity index (χ4n) is 1.81. The highest BCUT2D eigenvalue weighted by Crippen LogP contribution is 2.29. The Morgan fingerprint density at radius 2 is 1.43 bits per heavy atom. The molecule has 4 N–H and O–H groups in total. The number of rotatable bonds is 3. The quantitative estimate of drug-likeness (QED) is 0.670. The van der Waals surface area contributed by atoms with Gasteiger partial charge in [-0.3, -0.25) is 0 Å². The first-order chi connectivity index (χ1) is 9.77. The molecule has 0 aliphatic heterocycles. The lowest BCUT2D eigenvalue weighted by Crippen LogP contribution is -1.98. The van der Waals surface area contributed by atoms with Crippen LogP contribution < -0.4 is 11.5 Å². The summed E-state index contributed by atoms with van der Waals surface area (Å²) in [7, 11) is -3.43. The van der Waals surface area contributed by atoms with Crippen LogP contribution in [0, 0.1) is 6.92 Å². The molecule has 2 aromatic carbocycles. The molecule has 6 nitrogen and oxygen atoms in total. The third-order valence-electron chi connectivity index (χ3n) is 2.87. The Morgan fingerprint density at radius 1 is 0.905 bits per heavy atom. The van der Waals surface area contributed by atoms with E-state index in [1.54, 1.807) is 24.3 Å². The van der Waals surface area contributed by atoms with Gasteiger partial charge in [-0.05, 0) is 48.9 Å². The van der Waals surface area contributed by atoms with Crippen LogP contribution in [0.2, 0.25) is 0 Å². The minimum atomic E-state index is -3.43. The normalized spacial score (nSPS) is 11.9. The average molecular weight is 304 g/mol. The minimum absolute atomic E-state index is 0.0550. The molecule has 0 aromatic heterocycles. The van der Waals surface area contributed by atoms with Crippen LogP contribution in [-0.4, -0.2) is 14.7 Å². The molecule has 0 spiro atoms. The van der Waals surface area contributed by atoms with Crippen molar-refractivity contribution in [1.82, 2.24) is 0 Å². The summed E-state index contributed by atoms with van der Waals surface area (Å²) in [5.41, 5.74) is 14.0. The van der Waals surface area contributed by atoms with E-state index in [0.717, 1.165) is 11.8 Å². The second kappa shape index (κ2) is 5.53. The Balaban J connectivity index is 2.46. The fourth-order valence-corrected chi connectivity index (χ4v) is 2.65. The predicted octanol–water partition coefficient (Wildman–Crippen LogP) is 2.98. The van der Waals surface area contributed by atoms with E-state index in [4.69, 9.17) is 11.5 Å². The van der Waals surface area contributed by atoms with Gasteiger partial charge in [-0.15, -0.1) is 5.11 Å². The molecule has 21 heavy (non-hydrogen) atoms. The van der Waals surface area contributed by atoms with Crippen molar-refractivity contribution in [2.75, 3.05) is 17.7 Å². The van der Waals surface area contributed by atoms with Crippen LogP contribution in [0.25, 0.3) is 0 Å². The van der Waals surface area contributed by atoms with Gasteiger partial charge < -0.3 is 11.5 Å². The van der Waals surface area contributed by atoms with Gasteiger partial charge in [-0.2, -0.15) is 5.11 Å². The molecule has 0 amide bonds. The van der Waals surface area contributed by atoms with Crippen LogP contribution in [0.4, 0.5) is 22.7 Å². The van der Waals surface area contributed by atoms with E-state index in [0.29, 0.717) is 17.1 Å². The van der Waals surface area contributed by atoms with Gasteiger partial charge in [0.15, 0.2) is 9.84 Å². The van der Waals surface area contributed by atoms with Crippen molar-refractivity contribution in [1.29, 1.82) is 0 Å². The lowest BCUT2D eigenvalue weighted by molar-refractivity contribution is 0.602. The van der Waals surface area contributed by atoms with Gasteiger partial charge in [-0.25, -0.2) is 8.42 Å². The fraction of sp³-hybridized carbons (Fsp3) is 0.143. The van der Waals surface area contributed by atoms with Crippen molar-refractivity contribution < 1.29 is 8.42 Å². The number of hydrogen-bond acceptors (Lipinski definition) is 6. The predicted molar refractivity (Wildman–Crippen MR) is 83.7 cm³/mol. The molecular weight excluding hydrogens is 288 g/mol. The highest BCUT2D eigenvalue weighted by atomic mass is 32.2. The standard InChI is InChI=1S/C14H16N4O2S/c1-9-7-10(15)3-5-12(9)17-18-13-6-4-11(16)8-14(13)21(2,19)20/h3-8H,15-16H2,1-2H3. The van der Waals surface area contributed by atoms with Gasteiger partial charge in [0.2, 0.25) is 0 Å². The molecule has 0 saturated carbocycles. The smallest absolute Gasteiger partial charge is 0.177 e. The summed E-state index contributed by atoms with van der Waals surface area (Å²) >= 11 is 0. The summed E-state index contributed by atoms with van der Waals surface area (Å²) in [4.78, 5) is 0.0550. The molecule has 7 heteroatoms. The molecule has 110 valence electrons. The van der Waals surface area contributed by atoms with Crippen LogP contribution in [0.3, 0.4) is 0 Å². The number of anilines is 2. The number of hydrogen-bond donors (Lipinski definition) is 2. The molecular formula is C14H16N4O2S. The molecule has 0 saturated heterocycles. The maximum atomic E-state index is 11.8. The van der Waals surface area contributed by atoms with Gasteiger partial charge in [-0.1, -0.05) is 0 Å². The van der Waals surface area contributed by atoms with Crippen LogP contribution in [0.15, 0.2) is 51.5 Å². The molecule has 0 radical (unpaired) electrons. The first-order valence-corrected chi connectivity index (χ1v) is 8.04. The van der Waals surface area contributed by atoms with Crippen LogP contribution in [0.5, 0.6) is 0 Å². The summed E-state index contributed by atoms with van der Waals surface area (Å²) in [6.07, 6.45) is 1.11. The average Bonchev–Trinajstić information content (AvgIpc) is 2.38. The number of nitrogens with zero attached hydrogens (tertiary/aromatic N) is 2. The SMILES string of the molecule is Cc1cc(N)ccc1N=Nc1ccc(N)cc1S(C)(=O)=O. The third kappa shape index (κ3) is 3.57. The molecule has 0 aliphatic rings. The Morgan fingerprint density at radius 3 is 2.00 bits per heavy atom. The number of azo groups is 1. The second-order valence-electron chi connectivity index (χ2n) is 4.75. The number of sulfone groups is 1. The molecule has 0 aliphatic carbocycles. The second-order valence-corrected chi connectivity index (χ2v) is 6.73. The largest absolute Gasteiger partial charge is 0.399 e. The Labute approximate surface area is 123 Å². The highest BCUT2D eigenvalue weighted by molar-refractivity contribution is 7.90. The number of benzene rings is 2. The van der Waals surface area contributed by atoms with Gasteiger partial charge in [0.1, 0.15) is 5.69 Å². The van der Waals surface area contributed by atoms with Crippen LogP contribution in [-0.2, 0) is 9.84 Å². The maximum Gasteiger partial charge on any atom is 0.177 e. The molecule has 0 atom stereocenters. The molecule has 2 aromatic rings. The van der Waals surface area contributed by atoms with Gasteiger partial charge >= 0.3 is 0 Å². The van der Waals surface area contributed by atoms with Crippen LogP contribution >= 0.6 is 0 Å². The zero-order valence-corrected chi connectivity index (χ0v) is 12.6. The van der Waals surface area contributed by atoms with Gasteiger partial charge in [0.25, 0.3) is 0 Å². The van der Waals surface area contributed by atoms with Crippen molar-refractivity contribution in [3.05, 3.63) is 42.0 Å². The maximum absolute atomic E-state index is 11.8. The molecule has 2 rings (SSSR count). The summed E-state index contributed by atoms with van der Waals surface area (Å²) in [5.74, 6) is 0. The van der Waals surface area contributed by atoms with E-state index >= 15 is 0 Å². The highest BCUT2D eigenvalue weighted by Gasteiger charge is 2.13. The summed E-state index contributed by atoms with van der Waals surface area (Å²) < 4.78 is 23.5. The topological polar surface area (TPSA) is 111 Å². The Hall–Kier alpha value is -2.41. The first kappa shape index (κ1) is 15.0. The van der Waals surface area contributed by atoms with Crippen molar-refractivity contribution >= 4 is 32.6 Å². The van der Waals surface area contributed by atoms with Gasteiger partial charge in [0.05, 0.1) is 10.6 Å². The monoisotopic (exact) mass is 304 g/mol. The van der Waals surface area contributed by atoms with E-state index in [9.17, 15) is 8.42 Å². The molecule has 0 unspecified atom stereocenters. The number of nitrogens with two attached hydrogens (primary N) is 2. The van der Waals surface area contributed by atoms with Crippen molar-refractivity contribution in [3.8, 4) is 0 Å². The lowest BCUT2D eigenvalue weighted by atomic mass is 10.2. The summed E-state index contributed by atoms with van der Waals surface area (Å²) in [5, 5.41) is 8.11. The van der Waals surface area contributed by atoms with E-state index < -0.39 is 9.84 Å². The summed E-state index contributed by atoms with van der Waals surface area (Å²) in [6, 6.07) is 9.70. The van der Waals surface area contributed by atoms with Crippen molar-refractivity contribution in [2.24, 2.45) is 10.2 Å². The Bertz CT molecular complexity index is 814. The number of nitrogen functional groups attached to an aromatic ring is 2. The van der Waals surface area contributed by atoms with E-state index in [1.165, 1.54) is 12.1 Å². The molecule has 0 heterocycles. The first-order valence-electron chi connectivity index (χ1n) is 6.15. The lowest BCUT2D eigenvalue weighted by Gasteiger charge is -2.04. The zero-order chi connectivity index (χ0) is 15.6. The van der Waals surface area contributed by atoms with E-state index in [-0.39, 0.29) is 10.6 Å².